The minimum atomic E-state index is -3.41. The van der Waals surface area contributed by atoms with Crippen LogP contribution < -0.4 is 4.74 Å². The summed E-state index contributed by atoms with van der Waals surface area (Å²) in [5.41, 5.74) is 3.39. The molecule has 2 aromatic rings. The summed E-state index contributed by atoms with van der Waals surface area (Å²) in [5.74, 6) is 0.936. The molecule has 0 saturated carbocycles. The Kier molecular flexibility index (Phi) is 6.62. The maximum Gasteiger partial charge on any atom is 0.243 e. The van der Waals surface area contributed by atoms with E-state index in [1.165, 1.54) is 5.56 Å². The maximum atomic E-state index is 12.8. The Hall–Kier alpha value is -2.38. The van der Waals surface area contributed by atoms with Crippen LogP contribution in [-0.2, 0) is 34.2 Å². The second kappa shape index (κ2) is 9.40. The molecule has 1 amide bonds. The topological polar surface area (TPSA) is 66.9 Å². The molecular formula is C24H30N2O4S. The highest BCUT2D eigenvalue weighted by molar-refractivity contribution is 7.89. The third-order valence-electron chi connectivity index (χ3n) is 6.28. The molecule has 0 spiro atoms. The first kappa shape index (κ1) is 21.8. The van der Waals surface area contributed by atoms with Gasteiger partial charge in [-0.2, -0.15) is 4.31 Å². The van der Waals surface area contributed by atoms with Gasteiger partial charge in [0, 0.05) is 32.6 Å². The fraction of sp³-hybridized carbons (Fsp3) is 0.458. The summed E-state index contributed by atoms with van der Waals surface area (Å²) in [5, 5.41) is 0. The molecule has 6 nitrogen and oxygen atoms in total. The minimum Gasteiger partial charge on any atom is -0.497 e. The van der Waals surface area contributed by atoms with E-state index in [0.717, 1.165) is 49.1 Å². The van der Waals surface area contributed by atoms with Crippen molar-refractivity contribution in [2.75, 3.05) is 26.7 Å². The van der Waals surface area contributed by atoms with Crippen LogP contribution in [0.1, 0.15) is 42.4 Å². The molecule has 0 radical (unpaired) electrons. The first-order chi connectivity index (χ1) is 15.0. The highest BCUT2D eigenvalue weighted by Gasteiger charge is 2.26. The molecule has 2 aromatic carbocycles. The number of nitrogens with zero attached hydrogens (tertiary/aromatic N) is 2. The number of hydrogen-bond donors (Lipinski definition) is 0. The van der Waals surface area contributed by atoms with E-state index in [1.807, 2.05) is 29.2 Å². The number of benzene rings is 2. The number of methoxy groups -OCH3 is 1. The van der Waals surface area contributed by atoms with Crippen molar-refractivity contribution in [3.63, 3.8) is 0 Å². The molecular weight excluding hydrogens is 412 g/mol. The van der Waals surface area contributed by atoms with Crippen molar-refractivity contribution >= 4 is 15.9 Å². The van der Waals surface area contributed by atoms with Gasteiger partial charge in [-0.1, -0.05) is 24.6 Å². The summed E-state index contributed by atoms with van der Waals surface area (Å²) in [6.07, 6.45) is 4.81. The lowest BCUT2D eigenvalue weighted by molar-refractivity contribution is -0.132. The normalized spacial score (nSPS) is 17.3. The van der Waals surface area contributed by atoms with Crippen LogP contribution in [-0.4, -0.2) is 50.3 Å². The van der Waals surface area contributed by atoms with Crippen LogP contribution in [0.15, 0.2) is 47.4 Å². The van der Waals surface area contributed by atoms with Crippen molar-refractivity contribution in [2.24, 2.45) is 0 Å². The summed E-state index contributed by atoms with van der Waals surface area (Å²) >= 11 is 0. The zero-order valence-corrected chi connectivity index (χ0v) is 18.9. The number of aryl methyl sites for hydroxylation is 1. The van der Waals surface area contributed by atoms with Gasteiger partial charge in [0.05, 0.1) is 12.0 Å². The van der Waals surface area contributed by atoms with Gasteiger partial charge in [-0.25, -0.2) is 8.42 Å². The molecule has 166 valence electrons. The Morgan fingerprint density at radius 2 is 1.71 bits per heavy atom. The molecule has 1 saturated heterocycles. The molecule has 0 atom stereocenters. The SMILES string of the molecule is COc1ccc2c(c1)CN(C(=O)CCc1ccc(S(=O)(=O)N3CCCCC3)cc1)CC2. The van der Waals surface area contributed by atoms with Crippen LogP contribution in [0.2, 0.25) is 0 Å². The van der Waals surface area contributed by atoms with Crippen molar-refractivity contribution < 1.29 is 17.9 Å². The molecule has 31 heavy (non-hydrogen) atoms. The molecule has 0 bridgehead atoms. The van der Waals surface area contributed by atoms with Gasteiger partial charge in [0.2, 0.25) is 15.9 Å². The molecule has 0 N–H and O–H groups in total. The van der Waals surface area contributed by atoms with E-state index >= 15 is 0 Å². The summed E-state index contributed by atoms with van der Waals surface area (Å²) < 4.78 is 32.4. The number of rotatable bonds is 6. The number of carbonyl (C=O) groups is 1. The zero-order chi connectivity index (χ0) is 21.8. The van der Waals surface area contributed by atoms with Gasteiger partial charge in [0.25, 0.3) is 0 Å². The predicted octanol–water partition coefficient (Wildman–Crippen LogP) is 3.39. The van der Waals surface area contributed by atoms with E-state index in [-0.39, 0.29) is 5.91 Å². The van der Waals surface area contributed by atoms with E-state index in [4.69, 9.17) is 4.74 Å². The highest BCUT2D eigenvalue weighted by Crippen LogP contribution is 2.25. The minimum absolute atomic E-state index is 0.124. The maximum absolute atomic E-state index is 12.8. The Morgan fingerprint density at radius 3 is 2.42 bits per heavy atom. The summed E-state index contributed by atoms with van der Waals surface area (Å²) in [7, 11) is -1.76. The Balaban J connectivity index is 1.34. The van der Waals surface area contributed by atoms with Gasteiger partial charge in [-0.15, -0.1) is 0 Å². The monoisotopic (exact) mass is 442 g/mol. The van der Waals surface area contributed by atoms with Crippen LogP contribution in [0, 0.1) is 0 Å². The number of carbonyl (C=O) groups excluding carboxylic acids is 1. The Labute approximate surface area is 184 Å². The fourth-order valence-electron chi connectivity index (χ4n) is 4.37. The van der Waals surface area contributed by atoms with Crippen molar-refractivity contribution in [3.8, 4) is 5.75 Å². The van der Waals surface area contributed by atoms with Gasteiger partial charge in [-0.05, 0) is 66.6 Å². The molecule has 0 aromatic heterocycles. The van der Waals surface area contributed by atoms with Crippen LogP contribution in [0.4, 0.5) is 0 Å². The summed E-state index contributed by atoms with van der Waals surface area (Å²) in [4.78, 5) is 15.0. The largest absolute Gasteiger partial charge is 0.497 e. The Bertz CT molecular complexity index is 1030. The lowest BCUT2D eigenvalue weighted by Crippen LogP contribution is -2.36. The molecule has 2 aliphatic heterocycles. The molecule has 0 aliphatic carbocycles. The average molecular weight is 443 g/mol. The zero-order valence-electron chi connectivity index (χ0n) is 18.0. The number of sulfonamides is 1. The molecule has 1 fully saturated rings. The molecule has 4 rings (SSSR count). The predicted molar refractivity (Wildman–Crippen MR) is 119 cm³/mol. The molecule has 2 heterocycles. The first-order valence-electron chi connectivity index (χ1n) is 11.0. The van der Waals surface area contributed by atoms with Crippen molar-refractivity contribution in [3.05, 3.63) is 59.2 Å². The molecule has 7 heteroatoms. The second-order valence-electron chi connectivity index (χ2n) is 8.31. The van der Waals surface area contributed by atoms with Gasteiger partial charge in [0.1, 0.15) is 5.75 Å². The summed E-state index contributed by atoms with van der Waals surface area (Å²) in [6, 6.07) is 13.1. The molecule has 2 aliphatic rings. The standard InChI is InChI=1S/C24H30N2O4S/c1-30-22-9-8-20-13-16-25(18-21(20)17-22)24(27)12-7-19-5-10-23(11-6-19)31(28,29)26-14-3-2-4-15-26/h5-6,8-11,17H,2-4,7,12-16,18H2,1H3. The fourth-order valence-corrected chi connectivity index (χ4v) is 5.88. The summed E-state index contributed by atoms with van der Waals surface area (Å²) in [6.45, 7) is 2.54. The van der Waals surface area contributed by atoms with Crippen LogP contribution >= 0.6 is 0 Å². The van der Waals surface area contributed by atoms with Crippen molar-refractivity contribution in [1.82, 2.24) is 9.21 Å². The first-order valence-corrected chi connectivity index (χ1v) is 12.4. The van der Waals surface area contributed by atoms with E-state index in [1.54, 1.807) is 23.5 Å². The van der Waals surface area contributed by atoms with E-state index < -0.39 is 10.0 Å². The van der Waals surface area contributed by atoms with Gasteiger partial charge in [-0.3, -0.25) is 4.79 Å². The van der Waals surface area contributed by atoms with E-state index in [0.29, 0.717) is 37.4 Å². The van der Waals surface area contributed by atoms with Gasteiger partial charge >= 0.3 is 0 Å². The van der Waals surface area contributed by atoms with Crippen molar-refractivity contribution in [2.45, 2.75) is 50.0 Å². The quantitative estimate of drug-likeness (QED) is 0.688. The highest BCUT2D eigenvalue weighted by atomic mass is 32.2. The third-order valence-corrected chi connectivity index (χ3v) is 8.19. The molecule has 0 unspecified atom stereocenters. The number of ether oxygens (including phenoxy) is 1. The average Bonchev–Trinajstić information content (AvgIpc) is 2.82. The van der Waals surface area contributed by atoms with E-state index in [2.05, 4.69) is 6.07 Å². The number of amides is 1. The van der Waals surface area contributed by atoms with Crippen LogP contribution in [0.5, 0.6) is 5.75 Å². The number of hydrogen-bond acceptors (Lipinski definition) is 4. The van der Waals surface area contributed by atoms with Crippen LogP contribution in [0.3, 0.4) is 0 Å². The lowest BCUT2D eigenvalue weighted by atomic mass is 9.99. The number of piperidine rings is 1. The Morgan fingerprint density at radius 1 is 0.968 bits per heavy atom. The van der Waals surface area contributed by atoms with Gasteiger partial charge in [0.15, 0.2) is 0 Å². The lowest BCUT2D eigenvalue weighted by Gasteiger charge is -2.29. The van der Waals surface area contributed by atoms with E-state index in [9.17, 15) is 13.2 Å². The smallest absolute Gasteiger partial charge is 0.243 e. The number of fused-ring (bicyclic) bond motifs is 1. The van der Waals surface area contributed by atoms with Gasteiger partial charge < -0.3 is 9.64 Å². The third kappa shape index (κ3) is 4.93. The van der Waals surface area contributed by atoms with Crippen molar-refractivity contribution in [1.29, 1.82) is 0 Å². The van der Waals surface area contributed by atoms with Crippen LogP contribution in [0.25, 0.3) is 0 Å². The second-order valence-corrected chi connectivity index (χ2v) is 10.2.